The summed E-state index contributed by atoms with van der Waals surface area (Å²) >= 11 is 0. The molecule has 10 heteroatoms. The molecule has 1 fully saturated rings. The molecule has 0 radical (unpaired) electrons. The van der Waals surface area contributed by atoms with Gasteiger partial charge in [-0.25, -0.2) is 9.97 Å². The number of nitrogens with zero attached hydrogens (tertiary/aromatic N) is 4. The third-order valence-corrected chi connectivity index (χ3v) is 5.85. The number of carbonyl (C=O) groups excluding carboxylic acids is 1. The third kappa shape index (κ3) is 4.81. The maximum absolute atomic E-state index is 11.5. The molecule has 1 amide bonds. The Bertz CT molecular complexity index is 1160. The molecule has 2 aliphatic rings. The quantitative estimate of drug-likeness (QED) is 0.438. The van der Waals surface area contributed by atoms with E-state index in [9.17, 15) is 4.79 Å². The van der Waals surface area contributed by atoms with Crippen molar-refractivity contribution in [2.45, 2.75) is 19.0 Å². The van der Waals surface area contributed by atoms with Crippen molar-refractivity contribution in [2.75, 3.05) is 50.1 Å². The van der Waals surface area contributed by atoms with E-state index >= 15 is 0 Å². The van der Waals surface area contributed by atoms with Gasteiger partial charge in [-0.15, -0.1) is 0 Å². The number of ether oxygens (including phenoxy) is 2. The van der Waals surface area contributed by atoms with Gasteiger partial charge in [0.2, 0.25) is 5.88 Å². The third-order valence-electron chi connectivity index (χ3n) is 5.85. The molecular formula is C23H27N7O3. The summed E-state index contributed by atoms with van der Waals surface area (Å²) in [6.07, 6.45) is 2.91. The van der Waals surface area contributed by atoms with Crippen LogP contribution in [0.15, 0.2) is 36.5 Å². The van der Waals surface area contributed by atoms with E-state index in [0.717, 1.165) is 55.0 Å². The van der Waals surface area contributed by atoms with Gasteiger partial charge in [-0.1, -0.05) is 0 Å². The van der Waals surface area contributed by atoms with Gasteiger partial charge in [-0.2, -0.15) is 0 Å². The molecule has 5 heterocycles. The zero-order valence-electron chi connectivity index (χ0n) is 18.5. The van der Waals surface area contributed by atoms with Gasteiger partial charge in [-0.3, -0.25) is 9.78 Å². The van der Waals surface area contributed by atoms with E-state index in [-0.39, 0.29) is 12.5 Å². The standard InChI is InChI=1S/C23H27N7O3/c1-32-21-5-3-17-22(29-21)18(6-8-26-17)30-11-7-16(13-30)25-10-9-24-12-15-2-4-19-23(27-15)28-20(31)14-33-19/h2-6,8,16,24-25H,7,9-14H2,1H3,(H,27,28,31). The number of hydrogen-bond acceptors (Lipinski definition) is 9. The van der Waals surface area contributed by atoms with Crippen molar-refractivity contribution in [1.29, 1.82) is 0 Å². The Kier molecular flexibility index (Phi) is 6.18. The Hall–Kier alpha value is -3.50. The Morgan fingerprint density at radius 3 is 3.06 bits per heavy atom. The number of nitrogens with one attached hydrogen (secondary N) is 3. The van der Waals surface area contributed by atoms with Crippen LogP contribution in [0.1, 0.15) is 12.1 Å². The number of pyridine rings is 3. The monoisotopic (exact) mass is 449 g/mol. The highest BCUT2D eigenvalue weighted by molar-refractivity contribution is 5.94. The first kappa shape index (κ1) is 21.4. The van der Waals surface area contributed by atoms with Gasteiger partial charge in [0, 0.05) is 51.0 Å². The average Bonchev–Trinajstić information content (AvgIpc) is 3.31. The summed E-state index contributed by atoms with van der Waals surface area (Å²) in [5, 5.41) is 9.77. The van der Waals surface area contributed by atoms with Crippen LogP contribution in [0.4, 0.5) is 11.5 Å². The van der Waals surface area contributed by atoms with Gasteiger partial charge in [0.05, 0.1) is 24.0 Å². The summed E-state index contributed by atoms with van der Waals surface area (Å²) in [6.45, 7) is 4.22. The topological polar surface area (TPSA) is 114 Å². The summed E-state index contributed by atoms with van der Waals surface area (Å²) in [4.78, 5) is 27.3. The summed E-state index contributed by atoms with van der Waals surface area (Å²) in [5.74, 6) is 1.52. The maximum atomic E-state index is 11.5. The Morgan fingerprint density at radius 2 is 2.15 bits per heavy atom. The second-order valence-corrected chi connectivity index (χ2v) is 8.10. The summed E-state index contributed by atoms with van der Waals surface area (Å²) < 4.78 is 10.6. The molecule has 2 aliphatic heterocycles. The van der Waals surface area contributed by atoms with Crippen LogP contribution in [-0.2, 0) is 11.3 Å². The number of carbonyl (C=O) groups is 1. The van der Waals surface area contributed by atoms with Crippen LogP contribution < -0.4 is 30.3 Å². The van der Waals surface area contributed by atoms with Crippen LogP contribution in [0.25, 0.3) is 11.0 Å². The zero-order valence-corrected chi connectivity index (χ0v) is 18.5. The predicted molar refractivity (Wildman–Crippen MR) is 125 cm³/mol. The van der Waals surface area contributed by atoms with E-state index in [1.54, 1.807) is 7.11 Å². The fourth-order valence-electron chi connectivity index (χ4n) is 4.19. The number of methoxy groups -OCH3 is 1. The van der Waals surface area contributed by atoms with E-state index in [1.165, 1.54) is 0 Å². The van der Waals surface area contributed by atoms with Crippen molar-refractivity contribution in [3.05, 3.63) is 42.2 Å². The van der Waals surface area contributed by atoms with Crippen molar-refractivity contribution in [3.63, 3.8) is 0 Å². The number of aromatic nitrogens is 3. The number of anilines is 2. The Morgan fingerprint density at radius 1 is 1.21 bits per heavy atom. The molecular weight excluding hydrogens is 422 g/mol. The first-order chi connectivity index (χ1) is 16.2. The van der Waals surface area contributed by atoms with Gasteiger partial charge >= 0.3 is 0 Å². The van der Waals surface area contributed by atoms with Crippen LogP contribution in [0.5, 0.6) is 11.6 Å². The van der Waals surface area contributed by atoms with Gasteiger partial charge in [-0.05, 0) is 30.7 Å². The van der Waals surface area contributed by atoms with E-state index in [1.807, 2.05) is 36.5 Å². The van der Waals surface area contributed by atoms with E-state index in [4.69, 9.17) is 9.47 Å². The second kappa shape index (κ2) is 9.55. The SMILES string of the molecule is COc1ccc2nccc(N3CCC(NCCNCc4ccc5c(n4)NC(=O)CO5)C3)c2n1. The van der Waals surface area contributed by atoms with Crippen LogP contribution in [0, 0.1) is 0 Å². The normalized spacial score (nSPS) is 17.5. The fraction of sp³-hybridized carbons (Fsp3) is 0.391. The minimum atomic E-state index is -0.176. The average molecular weight is 450 g/mol. The molecule has 0 saturated carbocycles. The molecule has 33 heavy (non-hydrogen) atoms. The van der Waals surface area contributed by atoms with E-state index in [0.29, 0.717) is 30.0 Å². The molecule has 5 rings (SSSR count). The molecule has 0 bridgehead atoms. The van der Waals surface area contributed by atoms with E-state index in [2.05, 4.69) is 35.8 Å². The molecule has 172 valence electrons. The lowest BCUT2D eigenvalue weighted by Gasteiger charge is -2.20. The van der Waals surface area contributed by atoms with Crippen molar-refractivity contribution < 1.29 is 14.3 Å². The molecule has 0 aromatic carbocycles. The highest BCUT2D eigenvalue weighted by atomic mass is 16.5. The van der Waals surface area contributed by atoms with Gasteiger partial charge in [0.1, 0.15) is 5.52 Å². The van der Waals surface area contributed by atoms with E-state index < -0.39 is 0 Å². The van der Waals surface area contributed by atoms with Crippen molar-refractivity contribution >= 4 is 28.4 Å². The fourth-order valence-corrected chi connectivity index (χ4v) is 4.19. The van der Waals surface area contributed by atoms with Crippen LogP contribution >= 0.6 is 0 Å². The molecule has 0 spiro atoms. The minimum Gasteiger partial charge on any atom is -0.481 e. The maximum Gasteiger partial charge on any atom is 0.263 e. The number of amides is 1. The molecule has 1 unspecified atom stereocenters. The van der Waals surface area contributed by atoms with Gasteiger partial charge in [0.15, 0.2) is 18.2 Å². The summed E-state index contributed by atoms with van der Waals surface area (Å²) in [7, 11) is 1.63. The highest BCUT2D eigenvalue weighted by Gasteiger charge is 2.24. The molecule has 3 N–H and O–H groups in total. The lowest BCUT2D eigenvalue weighted by atomic mass is 10.2. The lowest BCUT2D eigenvalue weighted by Crippen LogP contribution is -2.37. The molecule has 3 aromatic rings. The lowest BCUT2D eigenvalue weighted by molar-refractivity contribution is -0.118. The minimum absolute atomic E-state index is 0.0403. The second-order valence-electron chi connectivity index (χ2n) is 8.10. The molecule has 1 atom stereocenters. The summed E-state index contributed by atoms with van der Waals surface area (Å²) in [5.41, 5.74) is 3.70. The van der Waals surface area contributed by atoms with Crippen molar-refractivity contribution in [3.8, 4) is 11.6 Å². The largest absolute Gasteiger partial charge is 0.481 e. The Balaban J connectivity index is 1.10. The number of rotatable bonds is 8. The van der Waals surface area contributed by atoms with Crippen LogP contribution in [0.3, 0.4) is 0 Å². The van der Waals surface area contributed by atoms with Crippen molar-refractivity contribution in [1.82, 2.24) is 25.6 Å². The number of hydrogen-bond donors (Lipinski definition) is 3. The smallest absolute Gasteiger partial charge is 0.263 e. The Labute approximate surface area is 191 Å². The van der Waals surface area contributed by atoms with Crippen molar-refractivity contribution in [2.24, 2.45) is 0 Å². The zero-order chi connectivity index (χ0) is 22.6. The van der Waals surface area contributed by atoms with Gasteiger partial charge < -0.3 is 30.3 Å². The summed E-state index contributed by atoms with van der Waals surface area (Å²) in [6, 6.07) is 9.97. The van der Waals surface area contributed by atoms with Crippen LogP contribution in [-0.4, -0.2) is 66.8 Å². The molecule has 1 saturated heterocycles. The van der Waals surface area contributed by atoms with Gasteiger partial charge in [0.25, 0.3) is 5.91 Å². The highest BCUT2D eigenvalue weighted by Crippen LogP contribution is 2.28. The number of fused-ring (bicyclic) bond motifs is 2. The first-order valence-electron chi connectivity index (χ1n) is 11.1. The predicted octanol–water partition coefficient (Wildman–Crippen LogP) is 1.32. The first-order valence-corrected chi connectivity index (χ1v) is 11.1. The molecule has 10 nitrogen and oxygen atoms in total. The molecule has 0 aliphatic carbocycles. The van der Waals surface area contributed by atoms with Crippen LogP contribution in [0.2, 0.25) is 0 Å². The molecule has 3 aromatic heterocycles.